The minimum absolute atomic E-state index is 0.168. The minimum Gasteiger partial charge on any atom is -0.467 e. The van der Waals surface area contributed by atoms with Gasteiger partial charge in [0.1, 0.15) is 6.04 Å². The van der Waals surface area contributed by atoms with Crippen molar-refractivity contribution in [1.82, 2.24) is 9.78 Å². The molecule has 1 heterocycles. The summed E-state index contributed by atoms with van der Waals surface area (Å²) in [5.74, 6) is -0.627. The lowest BCUT2D eigenvalue weighted by Gasteiger charge is -2.28. The van der Waals surface area contributed by atoms with Crippen LogP contribution in [0, 0.1) is 13.8 Å². The van der Waals surface area contributed by atoms with E-state index in [-0.39, 0.29) is 12.3 Å². The number of aryl methyl sites for hydroxylation is 2. The fourth-order valence-corrected chi connectivity index (χ4v) is 2.78. The Hall–Kier alpha value is -2.63. The van der Waals surface area contributed by atoms with Gasteiger partial charge < -0.3 is 4.74 Å². The van der Waals surface area contributed by atoms with Crippen molar-refractivity contribution in [3.8, 4) is 0 Å². The van der Waals surface area contributed by atoms with Crippen LogP contribution in [0.5, 0.6) is 0 Å². The van der Waals surface area contributed by atoms with E-state index in [0.717, 1.165) is 11.3 Å². The van der Waals surface area contributed by atoms with Crippen molar-refractivity contribution >= 4 is 17.6 Å². The maximum atomic E-state index is 13.0. The van der Waals surface area contributed by atoms with Crippen molar-refractivity contribution in [2.75, 3.05) is 12.0 Å². The third-order valence-electron chi connectivity index (χ3n) is 4.11. The van der Waals surface area contributed by atoms with E-state index in [9.17, 15) is 9.59 Å². The first-order valence-electron chi connectivity index (χ1n) is 7.80. The Balaban J connectivity index is 2.43. The molecule has 1 aromatic heterocycles. The predicted octanol–water partition coefficient (Wildman–Crippen LogP) is 2.17. The summed E-state index contributed by atoms with van der Waals surface area (Å²) in [6.45, 7) is 5.37. The SMILES string of the molecule is COC(=O)[C@H](C)N(C(=O)Cc1ccccc1)c1c(C)nn(C)c1C. The number of esters is 1. The molecule has 128 valence electrons. The smallest absolute Gasteiger partial charge is 0.328 e. The molecule has 0 saturated heterocycles. The minimum atomic E-state index is -0.729. The summed E-state index contributed by atoms with van der Waals surface area (Å²) < 4.78 is 6.55. The van der Waals surface area contributed by atoms with Crippen molar-refractivity contribution in [3.63, 3.8) is 0 Å². The molecular formula is C18H23N3O3. The molecular weight excluding hydrogens is 306 g/mol. The zero-order valence-electron chi connectivity index (χ0n) is 14.7. The fraction of sp³-hybridized carbons (Fsp3) is 0.389. The summed E-state index contributed by atoms with van der Waals surface area (Å²) in [4.78, 5) is 26.5. The van der Waals surface area contributed by atoms with Crippen molar-refractivity contribution in [1.29, 1.82) is 0 Å². The summed E-state index contributed by atoms with van der Waals surface area (Å²) in [6, 6.07) is 8.73. The van der Waals surface area contributed by atoms with Gasteiger partial charge in [0.2, 0.25) is 5.91 Å². The van der Waals surface area contributed by atoms with Crippen LogP contribution >= 0.6 is 0 Å². The van der Waals surface area contributed by atoms with Crippen LogP contribution in [0.2, 0.25) is 0 Å². The normalized spacial score (nSPS) is 11.9. The standard InChI is InChI=1S/C18H23N3O3/c1-12-17(13(2)20(4)19-12)21(14(3)18(23)24-5)16(22)11-15-9-7-6-8-10-15/h6-10,14H,11H2,1-5H3/t14-/m0/s1. The number of benzene rings is 1. The van der Waals surface area contributed by atoms with Crippen molar-refractivity contribution < 1.29 is 14.3 Å². The highest BCUT2D eigenvalue weighted by Gasteiger charge is 2.31. The number of nitrogens with zero attached hydrogens (tertiary/aromatic N) is 3. The molecule has 1 atom stereocenters. The number of carbonyl (C=O) groups is 2. The Morgan fingerprint density at radius 1 is 1.25 bits per heavy atom. The number of carbonyl (C=O) groups excluding carboxylic acids is 2. The van der Waals surface area contributed by atoms with Gasteiger partial charge in [0.05, 0.1) is 30.6 Å². The molecule has 6 heteroatoms. The molecule has 2 rings (SSSR count). The van der Waals surface area contributed by atoms with Crippen molar-refractivity contribution in [2.24, 2.45) is 7.05 Å². The van der Waals surface area contributed by atoms with Crippen molar-refractivity contribution in [2.45, 2.75) is 33.2 Å². The van der Waals surface area contributed by atoms with Gasteiger partial charge in [-0.15, -0.1) is 0 Å². The number of anilines is 1. The molecule has 0 aliphatic rings. The topological polar surface area (TPSA) is 64.4 Å². The summed E-state index contributed by atoms with van der Waals surface area (Å²) >= 11 is 0. The fourth-order valence-electron chi connectivity index (χ4n) is 2.78. The van der Waals surface area contributed by atoms with Crippen LogP contribution in [-0.4, -0.2) is 34.8 Å². The lowest BCUT2D eigenvalue weighted by Crippen LogP contribution is -2.45. The number of rotatable bonds is 5. The molecule has 24 heavy (non-hydrogen) atoms. The van der Waals surface area contributed by atoms with Gasteiger partial charge in [-0.25, -0.2) is 4.79 Å². The number of ether oxygens (including phenoxy) is 1. The van der Waals surface area contributed by atoms with Gasteiger partial charge in [0.15, 0.2) is 0 Å². The van der Waals surface area contributed by atoms with E-state index in [2.05, 4.69) is 5.10 Å². The molecule has 0 N–H and O–H groups in total. The Labute approximate surface area is 142 Å². The van der Waals surface area contributed by atoms with Gasteiger partial charge in [-0.3, -0.25) is 14.4 Å². The van der Waals surface area contributed by atoms with Gasteiger partial charge in [0.25, 0.3) is 0 Å². The summed E-state index contributed by atoms with van der Waals surface area (Å²) in [5, 5.41) is 4.36. The molecule has 0 radical (unpaired) electrons. The van der Waals surface area contributed by atoms with Crippen LogP contribution in [0.15, 0.2) is 30.3 Å². The third kappa shape index (κ3) is 3.48. The molecule has 1 amide bonds. The quantitative estimate of drug-likeness (QED) is 0.789. The first-order chi connectivity index (χ1) is 11.4. The van der Waals surface area contributed by atoms with E-state index < -0.39 is 12.0 Å². The highest BCUT2D eigenvalue weighted by Crippen LogP contribution is 2.27. The molecule has 0 aliphatic carbocycles. The lowest BCUT2D eigenvalue weighted by molar-refractivity contribution is -0.143. The second kappa shape index (κ2) is 7.29. The van der Waals surface area contributed by atoms with E-state index in [4.69, 9.17) is 4.74 Å². The first kappa shape index (κ1) is 17.7. The first-order valence-corrected chi connectivity index (χ1v) is 7.80. The maximum absolute atomic E-state index is 13.0. The van der Waals surface area contributed by atoms with E-state index in [0.29, 0.717) is 11.4 Å². The van der Waals surface area contributed by atoms with Gasteiger partial charge in [-0.05, 0) is 26.3 Å². The molecule has 6 nitrogen and oxygen atoms in total. The molecule has 0 saturated carbocycles. The van der Waals surface area contributed by atoms with E-state index in [1.165, 1.54) is 12.0 Å². The second-order valence-corrected chi connectivity index (χ2v) is 5.77. The predicted molar refractivity (Wildman–Crippen MR) is 91.8 cm³/mol. The van der Waals surface area contributed by atoms with Crippen LogP contribution in [0.3, 0.4) is 0 Å². The molecule has 0 bridgehead atoms. The van der Waals surface area contributed by atoms with Gasteiger partial charge in [-0.1, -0.05) is 30.3 Å². The van der Waals surface area contributed by atoms with Gasteiger partial charge in [-0.2, -0.15) is 5.10 Å². The number of amides is 1. The monoisotopic (exact) mass is 329 g/mol. The summed E-state index contributed by atoms with van der Waals surface area (Å²) in [6.07, 6.45) is 0.204. The molecule has 0 aliphatic heterocycles. The van der Waals surface area contributed by atoms with Crippen molar-refractivity contribution in [3.05, 3.63) is 47.3 Å². The zero-order valence-corrected chi connectivity index (χ0v) is 14.7. The van der Waals surface area contributed by atoms with Crippen LogP contribution in [0.1, 0.15) is 23.9 Å². The van der Waals surface area contributed by atoms with Crippen LogP contribution in [0.4, 0.5) is 5.69 Å². The van der Waals surface area contributed by atoms with Gasteiger partial charge in [0, 0.05) is 7.05 Å². The Morgan fingerprint density at radius 3 is 2.38 bits per heavy atom. The summed E-state index contributed by atoms with van der Waals surface area (Å²) in [5.41, 5.74) is 3.08. The number of aromatic nitrogens is 2. The Bertz CT molecular complexity index is 737. The highest BCUT2D eigenvalue weighted by molar-refractivity contribution is 6.01. The maximum Gasteiger partial charge on any atom is 0.328 e. The van der Waals surface area contributed by atoms with E-state index in [1.54, 1.807) is 11.6 Å². The van der Waals surface area contributed by atoms with Crippen LogP contribution < -0.4 is 4.90 Å². The summed E-state index contributed by atoms with van der Waals surface area (Å²) in [7, 11) is 3.14. The number of methoxy groups -OCH3 is 1. The number of hydrogen-bond donors (Lipinski definition) is 0. The average molecular weight is 329 g/mol. The number of hydrogen-bond acceptors (Lipinski definition) is 4. The third-order valence-corrected chi connectivity index (χ3v) is 4.11. The zero-order chi connectivity index (χ0) is 17.9. The van der Waals surface area contributed by atoms with Gasteiger partial charge >= 0.3 is 5.97 Å². The molecule has 1 aromatic carbocycles. The average Bonchev–Trinajstić information content (AvgIpc) is 2.81. The van der Waals surface area contributed by atoms with E-state index >= 15 is 0 Å². The lowest BCUT2D eigenvalue weighted by atomic mass is 10.1. The highest BCUT2D eigenvalue weighted by atomic mass is 16.5. The Morgan fingerprint density at radius 2 is 1.88 bits per heavy atom. The largest absolute Gasteiger partial charge is 0.467 e. The van der Waals surface area contributed by atoms with Crippen LogP contribution in [-0.2, 0) is 27.8 Å². The second-order valence-electron chi connectivity index (χ2n) is 5.77. The molecule has 2 aromatic rings. The van der Waals surface area contributed by atoms with Crippen LogP contribution in [0.25, 0.3) is 0 Å². The van der Waals surface area contributed by atoms with E-state index in [1.807, 2.05) is 51.2 Å². The molecule has 0 fully saturated rings. The Kier molecular flexibility index (Phi) is 5.39. The molecule has 0 spiro atoms. The molecule has 0 unspecified atom stereocenters.